The highest BCUT2D eigenvalue weighted by Crippen LogP contribution is 2.20. The summed E-state index contributed by atoms with van der Waals surface area (Å²) < 4.78 is 0. The van der Waals surface area contributed by atoms with Crippen LogP contribution in [0, 0.1) is 13.8 Å². The normalized spacial score (nSPS) is 10.4. The summed E-state index contributed by atoms with van der Waals surface area (Å²) in [6.45, 7) is 4.32. The van der Waals surface area contributed by atoms with E-state index in [1.165, 1.54) is 11.1 Å². The third-order valence-electron chi connectivity index (χ3n) is 4.36. The van der Waals surface area contributed by atoms with E-state index in [-0.39, 0.29) is 12.5 Å². The fraction of sp³-hybridized carbons (Fsp3) is 0.174. The molecule has 26 heavy (non-hydrogen) atoms. The summed E-state index contributed by atoms with van der Waals surface area (Å²) in [5.41, 5.74) is 6.50. The van der Waals surface area contributed by atoms with E-state index < -0.39 is 0 Å². The highest BCUT2D eigenvalue weighted by Gasteiger charge is 2.08. The number of hydrogen-bond acceptors (Lipinski definition) is 2. The minimum Gasteiger partial charge on any atom is -0.376 e. The fourth-order valence-corrected chi connectivity index (χ4v) is 2.91. The van der Waals surface area contributed by atoms with Gasteiger partial charge in [0, 0.05) is 11.4 Å². The van der Waals surface area contributed by atoms with Gasteiger partial charge >= 0.3 is 0 Å². The van der Waals surface area contributed by atoms with Crippen LogP contribution in [0.4, 0.5) is 11.4 Å². The Hall–Kier alpha value is -3.07. The zero-order valence-electron chi connectivity index (χ0n) is 15.3. The molecule has 0 radical (unpaired) electrons. The standard InChI is InChI=1S/C23H24N2O/c1-17-12-13-18(2)22(14-17)24-16-23(26)25-21-11-7-6-10-20(21)15-19-8-4-3-5-9-19/h3-14,24H,15-16H2,1-2H3,(H,25,26). The van der Waals surface area contributed by atoms with Gasteiger partial charge in [0.05, 0.1) is 6.54 Å². The van der Waals surface area contributed by atoms with Gasteiger partial charge in [0.2, 0.25) is 5.91 Å². The van der Waals surface area contributed by atoms with E-state index in [1.807, 2.05) is 50.2 Å². The minimum absolute atomic E-state index is 0.0496. The molecule has 0 aliphatic heterocycles. The molecule has 0 unspecified atom stereocenters. The van der Waals surface area contributed by atoms with E-state index >= 15 is 0 Å². The highest BCUT2D eigenvalue weighted by molar-refractivity contribution is 5.94. The number of rotatable bonds is 6. The van der Waals surface area contributed by atoms with E-state index in [4.69, 9.17) is 0 Å². The predicted octanol–water partition coefficient (Wildman–Crippen LogP) is 4.94. The van der Waals surface area contributed by atoms with Crippen molar-refractivity contribution in [1.29, 1.82) is 0 Å². The number of nitrogens with one attached hydrogen (secondary N) is 2. The van der Waals surface area contributed by atoms with Gasteiger partial charge in [-0.3, -0.25) is 4.79 Å². The van der Waals surface area contributed by atoms with Crippen LogP contribution in [0.15, 0.2) is 72.8 Å². The number of para-hydroxylation sites is 1. The van der Waals surface area contributed by atoms with Crippen LogP contribution < -0.4 is 10.6 Å². The SMILES string of the molecule is Cc1ccc(C)c(NCC(=O)Nc2ccccc2Cc2ccccc2)c1. The van der Waals surface area contributed by atoms with E-state index in [2.05, 4.69) is 47.0 Å². The van der Waals surface area contributed by atoms with Gasteiger partial charge in [-0.15, -0.1) is 0 Å². The third kappa shape index (κ3) is 4.73. The van der Waals surface area contributed by atoms with Crippen molar-refractivity contribution in [2.45, 2.75) is 20.3 Å². The number of anilines is 2. The lowest BCUT2D eigenvalue weighted by molar-refractivity contribution is -0.114. The Bertz CT molecular complexity index is 888. The Morgan fingerprint density at radius 2 is 1.58 bits per heavy atom. The van der Waals surface area contributed by atoms with E-state index in [0.29, 0.717) is 0 Å². The van der Waals surface area contributed by atoms with Gasteiger partial charge in [-0.1, -0.05) is 60.7 Å². The molecule has 0 aliphatic rings. The van der Waals surface area contributed by atoms with Crippen molar-refractivity contribution in [1.82, 2.24) is 0 Å². The minimum atomic E-state index is -0.0496. The Kier molecular flexibility index (Phi) is 5.69. The summed E-state index contributed by atoms with van der Waals surface area (Å²) >= 11 is 0. The average molecular weight is 344 g/mol. The molecule has 3 rings (SSSR count). The second-order valence-electron chi connectivity index (χ2n) is 6.54. The Morgan fingerprint density at radius 1 is 0.846 bits per heavy atom. The lowest BCUT2D eigenvalue weighted by Gasteiger charge is -2.13. The summed E-state index contributed by atoms with van der Waals surface area (Å²) in [6.07, 6.45) is 0.793. The molecular weight excluding hydrogens is 320 g/mol. The van der Waals surface area contributed by atoms with Gasteiger partial charge in [0.1, 0.15) is 0 Å². The van der Waals surface area contributed by atoms with Crippen molar-refractivity contribution in [3.8, 4) is 0 Å². The average Bonchev–Trinajstić information content (AvgIpc) is 2.65. The highest BCUT2D eigenvalue weighted by atomic mass is 16.1. The van der Waals surface area contributed by atoms with Crippen LogP contribution in [-0.2, 0) is 11.2 Å². The topological polar surface area (TPSA) is 41.1 Å². The molecule has 0 saturated heterocycles. The van der Waals surface area contributed by atoms with Gasteiger partial charge in [-0.2, -0.15) is 0 Å². The molecule has 0 saturated carbocycles. The maximum absolute atomic E-state index is 12.4. The first-order valence-electron chi connectivity index (χ1n) is 8.84. The molecule has 2 N–H and O–H groups in total. The second kappa shape index (κ2) is 8.34. The zero-order chi connectivity index (χ0) is 18.4. The van der Waals surface area contributed by atoms with Gasteiger partial charge in [0.25, 0.3) is 0 Å². The molecule has 0 heterocycles. The molecule has 0 spiro atoms. The zero-order valence-corrected chi connectivity index (χ0v) is 15.3. The van der Waals surface area contributed by atoms with Crippen LogP contribution in [0.1, 0.15) is 22.3 Å². The molecule has 1 amide bonds. The Morgan fingerprint density at radius 3 is 2.38 bits per heavy atom. The second-order valence-corrected chi connectivity index (χ2v) is 6.54. The molecular formula is C23H24N2O. The van der Waals surface area contributed by atoms with Gasteiger partial charge in [-0.25, -0.2) is 0 Å². The molecule has 0 aromatic heterocycles. The van der Waals surface area contributed by atoms with Crippen molar-refractivity contribution in [2.75, 3.05) is 17.2 Å². The molecule has 3 aromatic rings. The van der Waals surface area contributed by atoms with Crippen LogP contribution in [0.3, 0.4) is 0 Å². The summed E-state index contributed by atoms with van der Waals surface area (Å²) in [6, 6.07) is 24.4. The Balaban J connectivity index is 1.65. The number of benzene rings is 3. The van der Waals surface area contributed by atoms with Crippen LogP contribution in [0.2, 0.25) is 0 Å². The van der Waals surface area contributed by atoms with E-state index in [0.717, 1.165) is 28.9 Å². The number of carbonyl (C=O) groups excluding carboxylic acids is 1. The van der Waals surface area contributed by atoms with Crippen molar-refractivity contribution in [3.05, 3.63) is 95.1 Å². The van der Waals surface area contributed by atoms with Gasteiger partial charge < -0.3 is 10.6 Å². The number of aryl methyl sites for hydroxylation is 2. The number of amides is 1. The molecule has 0 fully saturated rings. The molecule has 0 aliphatic carbocycles. The van der Waals surface area contributed by atoms with E-state index in [9.17, 15) is 4.79 Å². The molecule has 132 valence electrons. The van der Waals surface area contributed by atoms with E-state index in [1.54, 1.807) is 0 Å². The van der Waals surface area contributed by atoms with Crippen LogP contribution >= 0.6 is 0 Å². The first-order valence-corrected chi connectivity index (χ1v) is 8.84. The van der Waals surface area contributed by atoms with Crippen molar-refractivity contribution >= 4 is 17.3 Å². The monoisotopic (exact) mass is 344 g/mol. The van der Waals surface area contributed by atoms with Crippen molar-refractivity contribution in [3.63, 3.8) is 0 Å². The number of carbonyl (C=O) groups is 1. The predicted molar refractivity (Wildman–Crippen MR) is 109 cm³/mol. The lowest BCUT2D eigenvalue weighted by atomic mass is 10.0. The lowest BCUT2D eigenvalue weighted by Crippen LogP contribution is -2.22. The van der Waals surface area contributed by atoms with Crippen LogP contribution in [-0.4, -0.2) is 12.5 Å². The molecule has 3 heteroatoms. The maximum atomic E-state index is 12.4. The Labute approximate surface area is 155 Å². The fourth-order valence-electron chi connectivity index (χ4n) is 2.91. The van der Waals surface area contributed by atoms with Crippen molar-refractivity contribution in [2.24, 2.45) is 0 Å². The molecule has 0 bridgehead atoms. The van der Waals surface area contributed by atoms with Gasteiger partial charge in [0.15, 0.2) is 0 Å². The smallest absolute Gasteiger partial charge is 0.243 e. The quantitative estimate of drug-likeness (QED) is 0.664. The summed E-state index contributed by atoms with van der Waals surface area (Å²) in [7, 11) is 0. The van der Waals surface area contributed by atoms with Crippen molar-refractivity contribution < 1.29 is 4.79 Å². The first-order chi connectivity index (χ1) is 12.6. The summed E-state index contributed by atoms with van der Waals surface area (Å²) in [5, 5.41) is 6.26. The first kappa shape index (κ1) is 17.7. The van der Waals surface area contributed by atoms with Crippen LogP contribution in [0.5, 0.6) is 0 Å². The molecule has 0 atom stereocenters. The number of hydrogen-bond donors (Lipinski definition) is 2. The third-order valence-corrected chi connectivity index (χ3v) is 4.36. The van der Waals surface area contributed by atoms with Crippen LogP contribution in [0.25, 0.3) is 0 Å². The van der Waals surface area contributed by atoms with Gasteiger partial charge in [-0.05, 0) is 54.7 Å². The largest absolute Gasteiger partial charge is 0.376 e. The maximum Gasteiger partial charge on any atom is 0.243 e. The molecule has 3 aromatic carbocycles. The summed E-state index contributed by atoms with van der Waals surface area (Å²) in [5.74, 6) is -0.0496. The molecule has 3 nitrogen and oxygen atoms in total. The summed E-state index contributed by atoms with van der Waals surface area (Å²) in [4.78, 5) is 12.4.